The van der Waals surface area contributed by atoms with E-state index in [9.17, 15) is 4.79 Å². The quantitative estimate of drug-likeness (QED) is 0.517. The molecule has 4 rings (SSSR count). The first-order valence-corrected chi connectivity index (χ1v) is 9.97. The summed E-state index contributed by atoms with van der Waals surface area (Å²) >= 11 is 1.61. The molecule has 0 N–H and O–H groups in total. The standard InChI is InChI=1S/C20H22N6OS/c1-13(2)26-19-16(10-22-26)15(8-17(23-19)18-6-5-7-28-18)20(27)24(3)11-14-9-21-25(4)12-14/h5-10,12-13H,11H2,1-4H3. The summed E-state index contributed by atoms with van der Waals surface area (Å²) in [5.41, 5.74) is 3.13. The minimum Gasteiger partial charge on any atom is -0.337 e. The number of rotatable bonds is 5. The molecule has 0 bridgehead atoms. The minimum absolute atomic E-state index is 0.0580. The Morgan fingerprint density at radius 3 is 2.75 bits per heavy atom. The van der Waals surface area contributed by atoms with E-state index in [0.29, 0.717) is 12.1 Å². The van der Waals surface area contributed by atoms with E-state index >= 15 is 0 Å². The average molecular weight is 395 g/mol. The predicted molar refractivity (Wildman–Crippen MR) is 110 cm³/mol. The van der Waals surface area contributed by atoms with Crippen LogP contribution in [0.25, 0.3) is 21.6 Å². The van der Waals surface area contributed by atoms with Crippen molar-refractivity contribution in [2.24, 2.45) is 7.05 Å². The summed E-state index contributed by atoms with van der Waals surface area (Å²) in [6.07, 6.45) is 5.44. The lowest BCUT2D eigenvalue weighted by molar-refractivity contribution is 0.0787. The topological polar surface area (TPSA) is 68.8 Å². The van der Waals surface area contributed by atoms with E-state index in [-0.39, 0.29) is 11.9 Å². The van der Waals surface area contributed by atoms with Crippen LogP contribution in [0.5, 0.6) is 0 Å². The maximum atomic E-state index is 13.3. The summed E-state index contributed by atoms with van der Waals surface area (Å²) < 4.78 is 3.60. The normalized spacial score (nSPS) is 11.5. The number of hydrogen-bond donors (Lipinski definition) is 0. The summed E-state index contributed by atoms with van der Waals surface area (Å²) in [5, 5.41) is 11.4. The number of hydrogen-bond acceptors (Lipinski definition) is 5. The first kappa shape index (κ1) is 18.4. The molecule has 0 saturated heterocycles. The number of aryl methyl sites for hydroxylation is 1. The van der Waals surface area contributed by atoms with E-state index in [1.165, 1.54) is 0 Å². The van der Waals surface area contributed by atoms with Gasteiger partial charge >= 0.3 is 0 Å². The third kappa shape index (κ3) is 3.31. The third-order valence-corrected chi connectivity index (χ3v) is 5.48. The summed E-state index contributed by atoms with van der Waals surface area (Å²) in [6.45, 7) is 4.60. The van der Waals surface area contributed by atoms with Gasteiger partial charge in [-0.1, -0.05) is 6.07 Å². The number of fused-ring (bicyclic) bond motifs is 1. The maximum Gasteiger partial charge on any atom is 0.254 e. The first-order chi connectivity index (χ1) is 13.4. The molecule has 4 aromatic rings. The zero-order chi connectivity index (χ0) is 19.8. The fourth-order valence-corrected chi connectivity index (χ4v) is 3.91. The van der Waals surface area contributed by atoms with Gasteiger partial charge in [0.25, 0.3) is 5.91 Å². The predicted octanol–water partition coefficient (Wildman–Crippen LogP) is 3.75. The van der Waals surface area contributed by atoms with Gasteiger partial charge in [-0.05, 0) is 31.4 Å². The number of nitrogens with zero attached hydrogens (tertiary/aromatic N) is 6. The van der Waals surface area contributed by atoms with Crippen molar-refractivity contribution in [1.82, 2.24) is 29.4 Å². The fourth-order valence-electron chi connectivity index (χ4n) is 3.23. The minimum atomic E-state index is -0.0580. The molecule has 7 nitrogen and oxygen atoms in total. The molecule has 0 spiro atoms. The van der Waals surface area contributed by atoms with E-state index in [0.717, 1.165) is 27.2 Å². The first-order valence-electron chi connectivity index (χ1n) is 9.09. The number of carbonyl (C=O) groups is 1. The van der Waals surface area contributed by atoms with Crippen molar-refractivity contribution in [2.75, 3.05) is 7.05 Å². The molecular weight excluding hydrogens is 372 g/mol. The van der Waals surface area contributed by atoms with Gasteiger partial charge in [0.1, 0.15) is 0 Å². The van der Waals surface area contributed by atoms with Gasteiger partial charge < -0.3 is 4.90 Å². The highest BCUT2D eigenvalue weighted by Gasteiger charge is 2.21. The lowest BCUT2D eigenvalue weighted by Gasteiger charge is -2.17. The number of amides is 1. The van der Waals surface area contributed by atoms with E-state index < -0.39 is 0 Å². The Hall–Kier alpha value is -3.00. The number of thiophene rings is 1. The summed E-state index contributed by atoms with van der Waals surface area (Å²) in [6, 6.07) is 6.03. The van der Waals surface area contributed by atoms with Crippen LogP contribution in [-0.2, 0) is 13.6 Å². The van der Waals surface area contributed by atoms with Crippen molar-refractivity contribution >= 4 is 28.3 Å². The highest BCUT2D eigenvalue weighted by molar-refractivity contribution is 7.13. The SMILES string of the molecule is CC(C)n1ncc2c(C(=O)N(C)Cc3cnn(C)c3)cc(-c3cccs3)nc21. The molecule has 8 heteroatoms. The summed E-state index contributed by atoms with van der Waals surface area (Å²) in [4.78, 5) is 20.9. The fraction of sp³-hybridized carbons (Fsp3) is 0.300. The largest absolute Gasteiger partial charge is 0.337 e. The van der Waals surface area contributed by atoms with Crippen LogP contribution >= 0.6 is 11.3 Å². The molecule has 144 valence electrons. The van der Waals surface area contributed by atoms with Gasteiger partial charge in [0.15, 0.2) is 5.65 Å². The van der Waals surface area contributed by atoms with Gasteiger partial charge in [0.2, 0.25) is 0 Å². The van der Waals surface area contributed by atoms with Crippen LogP contribution in [0, 0.1) is 0 Å². The molecule has 28 heavy (non-hydrogen) atoms. The monoisotopic (exact) mass is 394 g/mol. The molecule has 0 radical (unpaired) electrons. The zero-order valence-electron chi connectivity index (χ0n) is 16.3. The highest BCUT2D eigenvalue weighted by atomic mass is 32.1. The average Bonchev–Trinajstić information content (AvgIpc) is 3.40. The van der Waals surface area contributed by atoms with Crippen LogP contribution in [0.2, 0.25) is 0 Å². The van der Waals surface area contributed by atoms with Gasteiger partial charge in [0, 0.05) is 38.4 Å². The maximum absolute atomic E-state index is 13.3. The second-order valence-electron chi connectivity index (χ2n) is 7.14. The molecule has 4 aromatic heterocycles. The zero-order valence-corrected chi connectivity index (χ0v) is 17.1. The van der Waals surface area contributed by atoms with Crippen molar-refractivity contribution < 1.29 is 4.79 Å². The summed E-state index contributed by atoms with van der Waals surface area (Å²) in [5.74, 6) is -0.0580. The molecule has 0 aromatic carbocycles. The lowest BCUT2D eigenvalue weighted by atomic mass is 10.1. The van der Waals surface area contributed by atoms with Crippen molar-refractivity contribution in [3.63, 3.8) is 0 Å². The Morgan fingerprint density at radius 2 is 2.11 bits per heavy atom. The van der Waals surface area contributed by atoms with Gasteiger partial charge in [-0.2, -0.15) is 10.2 Å². The van der Waals surface area contributed by atoms with E-state index in [1.807, 2.05) is 41.5 Å². The molecular formula is C20H22N6OS. The second kappa shape index (κ2) is 7.20. The van der Waals surface area contributed by atoms with E-state index in [1.54, 1.807) is 40.4 Å². The smallest absolute Gasteiger partial charge is 0.254 e. The number of pyridine rings is 1. The molecule has 4 heterocycles. The highest BCUT2D eigenvalue weighted by Crippen LogP contribution is 2.29. The molecule has 1 amide bonds. The van der Waals surface area contributed by atoms with Gasteiger partial charge in [-0.3, -0.25) is 9.48 Å². The molecule has 0 aliphatic rings. The van der Waals surface area contributed by atoms with Crippen LogP contribution in [-0.4, -0.2) is 42.4 Å². The van der Waals surface area contributed by atoms with E-state index in [4.69, 9.17) is 4.98 Å². The Labute approximate surface area is 167 Å². The van der Waals surface area contributed by atoms with Crippen LogP contribution in [0.4, 0.5) is 0 Å². The lowest BCUT2D eigenvalue weighted by Crippen LogP contribution is -2.26. The molecule has 0 fully saturated rings. The summed E-state index contributed by atoms with van der Waals surface area (Å²) in [7, 11) is 3.67. The molecule has 0 aliphatic carbocycles. The van der Waals surface area contributed by atoms with Crippen molar-refractivity contribution in [3.8, 4) is 10.6 Å². The van der Waals surface area contributed by atoms with E-state index in [2.05, 4.69) is 24.0 Å². The molecule has 0 unspecified atom stereocenters. The van der Waals surface area contributed by atoms with Crippen LogP contribution in [0.3, 0.4) is 0 Å². The Balaban J connectivity index is 1.79. The molecule has 0 atom stereocenters. The number of carbonyl (C=O) groups excluding carboxylic acids is 1. The Kier molecular flexibility index (Phi) is 4.72. The molecule has 0 saturated carbocycles. The van der Waals surface area contributed by atoms with Gasteiger partial charge in [0.05, 0.1) is 33.9 Å². The Morgan fingerprint density at radius 1 is 1.29 bits per heavy atom. The second-order valence-corrected chi connectivity index (χ2v) is 8.08. The third-order valence-electron chi connectivity index (χ3n) is 4.58. The van der Waals surface area contributed by atoms with Gasteiger partial charge in [-0.15, -0.1) is 11.3 Å². The number of aromatic nitrogens is 5. The molecule has 0 aliphatic heterocycles. The van der Waals surface area contributed by atoms with Crippen LogP contribution in [0.1, 0.15) is 35.8 Å². The van der Waals surface area contributed by atoms with Crippen molar-refractivity contribution in [3.05, 3.63) is 53.3 Å². The Bertz CT molecular complexity index is 1130. The van der Waals surface area contributed by atoms with Crippen molar-refractivity contribution in [2.45, 2.75) is 26.4 Å². The van der Waals surface area contributed by atoms with Gasteiger partial charge in [-0.25, -0.2) is 9.67 Å². The van der Waals surface area contributed by atoms with Crippen LogP contribution in [0.15, 0.2) is 42.2 Å². The van der Waals surface area contributed by atoms with Crippen LogP contribution < -0.4 is 0 Å². The van der Waals surface area contributed by atoms with Crippen molar-refractivity contribution in [1.29, 1.82) is 0 Å².